The summed E-state index contributed by atoms with van der Waals surface area (Å²) in [6.07, 6.45) is 1.83. The predicted octanol–water partition coefficient (Wildman–Crippen LogP) is 5.63. The van der Waals surface area contributed by atoms with Crippen LogP contribution in [0, 0.1) is 5.82 Å². The molecule has 21 heavy (non-hydrogen) atoms. The quantitative estimate of drug-likeness (QED) is 0.645. The van der Waals surface area contributed by atoms with Gasteiger partial charge in [-0.2, -0.15) is 0 Å². The van der Waals surface area contributed by atoms with E-state index in [4.69, 9.17) is 0 Å². The van der Waals surface area contributed by atoms with E-state index in [-0.39, 0.29) is 11.9 Å². The molecule has 1 unspecified atom stereocenters. The predicted molar refractivity (Wildman–Crippen MR) is 93.0 cm³/mol. The van der Waals surface area contributed by atoms with Crippen LogP contribution in [0.1, 0.15) is 30.5 Å². The van der Waals surface area contributed by atoms with Gasteiger partial charge in [0.2, 0.25) is 0 Å². The fourth-order valence-corrected chi connectivity index (χ4v) is 3.06. The molecule has 0 heterocycles. The molecule has 1 atom stereocenters. The van der Waals surface area contributed by atoms with Crippen LogP contribution in [-0.2, 0) is 6.42 Å². The van der Waals surface area contributed by atoms with Crippen molar-refractivity contribution in [3.8, 4) is 0 Å². The van der Waals surface area contributed by atoms with Crippen molar-refractivity contribution in [3.63, 3.8) is 0 Å². The largest absolute Gasteiger partial charge is 0.310 e. The number of halogens is 3. The van der Waals surface area contributed by atoms with Crippen molar-refractivity contribution in [1.29, 1.82) is 0 Å². The highest BCUT2D eigenvalue weighted by Gasteiger charge is 2.12. The van der Waals surface area contributed by atoms with Gasteiger partial charge in [0.05, 0.1) is 0 Å². The van der Waals surface area contributed by atoms with Gasteiger partial charge in [0.1, 0.15) is 5.82 Å². The summed E-state index contributed by atoms with van der Waals surface area (Å²) in [5.74, 6) is -0.204. The summed E-state index contributed by atoms with van der Waals surface area (Å²) in [7, 11) is 0. The second-order valence-electron chi connectivity index (χ2n) is 5.04. The lowest BCUT2D eigenvalue weighted by atomic mass is 9.98. The van der Waals surface area contributed by atoms with Crippen molar-refractivity contribution in [1.82, 2.24) is 5.32 Å². The Labute approximate surface area is 142 Å². The Morgan fingerprint density at radius 3 is 2.38 bits per heavy atom. The maximum atomic E-state index is 13.5. The van der Waals surface area contributed by atoms with Crippen LogP contribution in [0.3, 0.4) is 0 Å². The van der Waals surface area contributed by atoms with Crippen molar-refractivity contribution >= 4 is 31.9 Å². The molecular weight excluding hydrogens is 397 g/mol. The van der Waals surface area contributed by atoms with E-state index in [2.05, 4.69) is 56.2 Å². The third-order valence-corrected chi connectivity index (χ3v) is 4.26. The molecule has 0 aliphatic heterocycles. The third kappa shape index (κ3) is 5.20. The summed E-state index contributed by atoms with van der Waals surface area (Å²) in [4.78, 5) is 0. The fourth-order valence-electron chi connectivity index (χ4n) is 2.29. The smallest absolute Gasteiger partial charge is 0.124 e. The number of nitrogens with one attached hydrogen (secondary N) is 1. The molecule has 0 bridgehead atoms. The van der Waals surface area contributed by atoms with Gasteiger partial charge in [-0.15, -0.1) is 0 Å². The Morgan fingerprint density at radius 1 is 1.05 bits per heavy atom. The lowest BCUT2D eigenvalue weighted by Gasteiger charge is -2.19. The van der Waals surface area contributed by atoms with Crippen LogP contribution in [0.2, 0.25) is 0 Å². The summed E-state index contributed by atoms with van der Waals surface area (Å²) in [5.41, 5.74) is 2.20. The van der Waals surface area contributed by atoms with E-state index in [1.807, 2.05) is 18.2 Å². The molecule has 0 aliphatic carbocycles. The Kier molecular flexibility index (Phi) is 6.40. The van der Waals surface area contributed by atoms with Crippen molar-refractivity contribution in [2.75, 3.05) is 6.54 Å². The Bertz CT molecular complexity index is 564. The SMILES string of the molecule is CCCNC(Cc1cc(F)cc(Br)c1)c1ccc(Br)cc1. The van der Waals surface area contributed by atoms with E-state index in [1.54, 1.807) is 6.07 Å². The fraction of sp³-hybridized carbons (Fsp3) is 0.294. The highest BCUT2D eigenvalue weighted by atomic mass is 79.9. The molecule has 0 fully saturated rings. The highest BCUT2D eigenvalue weighted by Crippen LogP contribution is 2.23. The first-order valence-corrected chi connectivity index (χ1v) is 8.61. The molecule has 1 N–H and O–H groups in total. The first-order chi connectivity index (χ1) is 10.1. The normalized spacial score (nSPS) is 12.4. The molecule has 0 aliphatic rings. The van der Waals surface area contributed by atoms with Gasteiger partial charge in [0.15, 0.2) is 0 Å². The zero-order chi connectivity index (χ0) is 15.2. The second-order valence-corrected chi connectivity index (χ2v) is 6.87. The molecule has 0 aromatic heterocycles. The molecule has 0 amide bonds. The van der Waals surface area contributed by atoms with Crippen LogP contribution in [0.4, 0.5) is 4.39 Å². The van der Waals surface area contributed by atoms with Gasteiger partial charge in [-0.05, 0) is 60.8 Å². The molecule has 4 heteroatoms. The van der Waals surface area contributed by atoms with Crippen LogP contribution in [-0.4, -0.2) is 6.54 Å². The first kappa shape index (κ1) is 16.7. The molecule has 0 spiro atoms. The van der Waals surface area contributed by atoms with E-state index in [9.17, 15) is 4.39 Å². The molecule has 0 saturated carbocycles. The van der Waals surface area contributed by atoms with Crippen LogP contribution in [0.5, 0.6) is 0 Å². The zero-order valence-corrected chi connectivity index (χ0v) is 15.0. The van der Waals surface area contributed by atoms with Crippen LogP contribution in [0.25, 0.3) is 0 Å². The van der Waals surface area contributed by atoms with Gasteiger partial charge < -0.3 is 5.32 Å². The molecular formula is C17H18Br2FN. The summed E-state index contributed by atoms with van der Waals surface area (Å²) >= 11 is 6.81. The molecule has 2 aromatic carbocycles. The standard InChI is InChI=1S/C17H18Br2FN/c1-2-7-21-17(13-3-5-14(18)6-4-13)10-12-8-15(19)11-16(20)9-12/h3-6,8-9,11,17,21H,2,7,10H2,1H3. The van der Waals surface area contributed by atoms with E-state index >= 15 is 0 Å². The number of rotatable bonds is 6. The van der Waals surface area contributed by atoms with E-state index < -0.39 is 0 Å². The maximum Gasteiger partial charge on any atom is 0.124 e. The summed E-state index contributed by atoms with van der Waals surface area (Å²) < 4.78 is 15.4. The average molecular weight is 415 g/mol. The number of hydrogen-bond acceptors (Lipinski definition) is 1. The van der Waals surface area contributed by atoms with Gasteiger partial charge >= 0.3 is 0 Å². The lowest BCUT2D eigenvalue weighted by molar-refractivity contribution is 0.527. The Balaban J connectivity index is 2.21. The molecule has 0 radical (unpaired) electrons. The molecule has 2 aromatic rings. The Morgan fingerprint density at radius 2 is 1.76 bits per heavy atom. The minimum Gasteiger partial charge on any atom is -0.310 e. The van der Waals surface area contributed by atoms with Gasteiger partial charge in [0.25, 0.3) is 0 Å². The third-order valence-electron chi connectivity index (χ3n) is 3.28. The molecule has 0 saturated heterocycles. The van der Waals surface area contributed by atoms with E-state index in [0.29, 0.717) is 0 Å². The van der Waals surface area contributed by atoms with E-state index in [0.717, 1.165) is 33.9 Å². The summed E-state index contributed by atoms with van der Waals surface area (Å²) in [6, 6.07) is 13.5. The molecule has 1 nitrogen and oxygen atoms in total. The average Bonchev–Trinajstić information content (AvgIpc) is 2.43. The van der Waals surface area contributed by atoms with Gasteiger partial charge in [-0.1, -0.05) is 50.9 Å². The van der Waals surface area contributed by atoms with Gasteiger partial charge in [-0.3, -0.25) is 0 Å². The highest BCUT2D eigenvalue weighted by molar-refractivity contribution is 9.10. The van der Waals surface area contributed by atoms with Gasteiger partial charge in [-0.25, -0.2) is 4.39 Å². The topological polar surface area (TPSA) is 12.0 Å². The monoisotopic (exact) mass is 413 g/mol. The van der Waals surface area contributed by atoms with Crippen molar-refractivity contribution in [3.05, 3.63) is 68.4 Å². The van der Waals surface area contributed by atoms with Crippen LogP contribution in [0.15, 0.2) is 51.4 Å². The summed E-state index contributed by atoms with van der Waals surface area (Å²) in [6.45, 7) is 3.08. The maximum absolute atomic E-state index is 13.5. The minimum absolute atomic E-state index is 0.187. The van der Waals surface area contributed by atoms with Crippen molar-refractivity contribution in [2.45, 2.75) is 25.8 Å². The first-order valence-electron chi connectivity index (χ1n) is 7.02. The minimum atomic E-state index is -0.204. The van der Waals surface area contributed by atoms with Crippen LogP contribution >= 0.6 is 31.9 Å². The van der Waals surface area contributed by atoms with Crippen LogP contribution < -0.4 is 5.32 Å². The number of hydrogen-bond donors (Lipinski definition) is 1. The van der Waals surface area contributed by atoms with Gasteiger partial charge in [0, 0.05) is 15.0 Å². The lowest BCUT2D eigenvalue weighted by Crippen LogP contribution is -2.24. The van der Waals surface area contributed by atoms with Crippen molar-refractivity contribution in [2.24, 2.45) is 0 Å². The van der Waals surface area contributed by atoms with E-state index in [1.165, 1.54) is 11.6 Å². The summed E-state index contributed by atoms with van der Waals surface area (Å²) in [5, 5.41) is 3.54. The molecule has 2 rings (SSSR count). The Hall–Kier alpha value is -0.710. The number of benzene rings is 2. The second kappa shape index (κ2) is 8.06. The van der Waals surface area contributed by atoms with Crippen molar-refractivity contribution < 1.29 is 4.39 Å². The zero-order valence-electron chi connectivity index (χ0n) is 11.9. The molecule has 112 valence electrons.